The second kappa shape index (κ2) is 11.6. The van der Waals surface area contributed by atoms with Crippen molar-refractivity contribution in [3.05, 3.63) is 65.1 Å². The van der Waals surface area contributed by atoms with E-state index in [1.165, 1.54) is 0 Å². The van der Waals surface area contributed by atoms with Crippen LogP contribution in [0.15, 0.2) is 53.7 Å². The zero-order valence-corrected chi connectivity index (χ0v) is 19.0. The number of aliphatic imine (C=N–C) groups is 1. The van der Waals surface area contributed by atoms with Crippen molar-refractivity contribution < 1.29 is 4.79 Å². The van der Waals surface area contributed by atoms with Gasteiger partial charge in [-0.3, -0.25) is 9.20 Å². The monoisotopic (exact) mass is 527 g/mol. The van der Waals surface area contributed by atoms with Crippen LogP contribution in [-0.4, -0.2) is 46.1 Å². The van der Waals surface area contributed by atoms with Crippen LogP contribution >= 0.6 is 35.6 Å². The minimum atomic E-state index is -0.143. The summed E-state index contributed by atoms with van der Waals surface area (Å²) >= 11 is 5.83. The van der Waals surface area contributed by atoms with E-state index in [9.17, 15) is 4.79 Å². The van der Waals surface area contributed by atoms with Crippen LogP contribution in [0, 0.1) is 0 Å². The number of carbonyl (C=O) groups excluding carboxylic acids is 1. The number of halogens is 2. The average Bonchev–Trinajstić information content (AvgIpc) is 3.13. The number of carbonyl (C=O) groups is 1. The van der Waals surface area contributed by atoms with E-state index in [-0.39, 0.29) is 29.9 Å². The Balaban J connectivity index is 0.00000300. The molecule has 0 aliphatic heterocycles. The molecule has 0 atom stereocenters. The molecule has 3 rings (SSSR count). The SMILES string of the molecule is CCNC(=NCc1nnc2ccccn12)NCCNC(=O)c1ccc(Cl)cc1.I. The number of hydrogen-bond acceptors (Lipinski definition) is 4. The zero-order valence-electron chi connectivity index (χ0n) is 15.9. The van der Waals surface area contributed by atoms with Gasteiger partial charge in [0.15, 0.2) is 17.4 Å². The van der Waals surface area contributed by atoms with Gasteiger partial charge < -0.3 is 16.0 Å². The lowest BCUT2D eigenvalue weighted by Gasteiger charge is -2.11. The third kappa shape index (κ3) is 6.57. The second-order valence-electron chi connectivity index (χ2n) is 5.93. The van der Waals surface area contributed by atoms with E-state index >= 15 is 0 Å². The Hall–Kier alpha value is -2.40. The number of guanidine groups is 1. The number of fused-ring (bicyclic) bond motifs is 1. The number of pyridine rings is 1. The van der Waals surface area contributed by atoms with Crippen LogP contribution in [0.5, 0.6) is 0 Å². The topological polar surface area (TPSA) is 95.7 Å². The van der Waals surface area contributed by atoms with Gasteiger partial charge in [-0.25, -0.2) is 4.99 Å². The molecule has 0 unspecified atom stereocenters. The fourth-order valence-electron chi connectivity index (χ4n) is 2.55. The minimum absolute atomic E-state index is 0. The molecule has 1 amide bonds. The van der Waals surface area contributed by atoms with E-state index in [1.807, 2.05) is 35.7 Å². The first-order chi connectivity index (χ1) is 13.7. The summed E-state index contributed by atoms with van der Waals surface area (Å²) in [6, 6.07) is 12.5. The highest BCUT2D eigenvalue weighted by Gasteiger charge is 2.06. The number of aromatic nitrogens is 3. The van der Waals surface area contributed by atoms with Crippen LogP contribution in [0.1, 0.15) is 23.1 Å². The molecule has 3 aromatic rings. The van der Waals surface area contributed by atoms with Crippen LogP contribution in [0.3, 0.4) is 0 Å². The summed E-state index contributed by atoms with van der Waals surface area (Å²) in [7, 11) is 0. The number of nitrogens with one attached hydrogen (secondary N) is 3. The smallest absolute Gasteiger partial charge is 0.251 e. The molecular weight excluding hydrogens is 505 g/mol. The summed E-state index contributed by atoms with van der Waals surface area (Å²) in [6.07, 6.45) is 1.91. The maximum Gasteiger partial charge on any atom is 0.251 e. The van der Waals surface area contributed by atoms with Crippen molar-refractivity contribution >= 4 is 53.1 Å². The first kappa shape index (κ1) is 22.9. The van der Waals surface area contributed by atoms with Crippen LogP contribution in [0.2, 0.25) is 5.02 Å². The summed E-state index contributed by atoms with van der Waals surface area (Å²) < 4.78 is 1.90. The van der Waals surface area contributed by atoms with Crippen LogP contribution in [0.25, 0.3) is 5.65 Å². The summed E-state index contributed by atoms with van der Waals surface area (Å²) in [5.74, 6) is 1.26. The molecular formula is C19H23ClIN7O. The van der Waals surface area contributed by atoms with Gasteiger partial charge >= 0.3 is 0 Å². The third-order valence-electron chi connectivity index (χ3n) is 3.92. The van der Waals surface area contributed by atoms with Gasteiger partial charge in [0.2, 0.25) is 0 Å². The molecule has 0 saturated carbocycles. The molecule has 0 spiro atoms. The molecule has 1 aromatic carbocycles. The Morgan fingerprint density at radius 2 is 1.83 bits per heavy atom. The van der Waals surface area contributed by atoms with Gasteiger partial charge in [0.05, 0.1) is 0 Å². The van der Waals surface area contributed by atoms with E-state index in [0.29, 0.717) is 36.2 Å². The maximum absolute atomic E-state index is 12.1. The largest absolute Gasteiger partial charge is 0.357 e. The molecule has 2 heterocycles. The maximum atomic E-state index is 12.1. The highest BCUT2D eigenvalue weighted by Crippen LogP contribution is 2.09. The lowest BCUT2D eigenvalue weighted by Crippen LogP contribution is -2.41. The van der Waals surface area contributed by atoms with Crippen molar-refractivity contribution in [2.45, 2.75) is 13.5 Å². The fraction of sp³-hybridized carbons (Fsp3) is 0.263. The number of amides is 1. The minimum Gasteiger partial charge on any atom is -0.357 e. The number of nitrogens with zero attached hydrogens (tertiary/aromatic N) is 4. The Kier molecular flexibility index (Phi) is 9.13. The Bertz CT molecular complexity index is 959. The molecule has 2 aromatic heterocycles. The van der Waals surface area contributed by atoms with Crippen molar-refractivity contribution in [3.63, 3.8) is 0 Å². The number of rotatable bonds is 7. The molecule has 154 valence electrons. The second-order valence-corrected chi connectivity index (χ2v) is 6.37. The zero-order chi connectivity index (χ0) is 19.8. The van der Waals surface area contributed by atoms with Crippen molar-refractivity contribution in [3.8, 4) is 0 Å². The first-order valence-electron chi connectivity index (χ1n) is 9.02. The lowest BCUT2D eigenvalue weighted by atomic mass is 10.2. The van der Waals surface area contributed by atoms with Crippen LogP contribution < -0.4 is 16.0 Å². The van der Waals surface area contributed by atoms with Gasteiger partial charge in [-0.1, -0.05) is 17.7 Å². The number of hydrogen-bond donors (Lipinski definition) is 3. The Labute approximate surface area is 191 Å². The molecule has 0 aliphatic rings. The van der Waals surface area contributed by atoms with Gasteiger partial charge in [-0.05, 0) is 43.3 Å². The third-order valence-corrected chi connectivity index (χ3v) is 4.17. The summed E-state index contributed by atoms with van der Waals surface area (Å²) in [5, 5.41) is 18.1. The molecule has 29 heavy (non-hydrogen) atoms. The van der Waals surface area contributed by atoms with Gasteiger partial charge in [-0.2, -0.15) is 0 Å². The standard InChI is InChI=1S/C19H22ClN7O.HI/c1-2-21-19(24-13-17-26-25-16-5-3-4-12-27(16)17)23-11-10-22-18(28)14-6-8-15(20)9-7-14;/h3-9,12H,2,10-11,13H2,1H3,(H,22,28)(H2,21,23,24);1H. The van der Waals surface area contributed by atoms with E-state index in [1.54, 1.807) is 24.3 Å². The van der Waals surface area contributed by atoms with Gasteiger partial charge in [0.25, 0.3) is 5.91 Å². The molecule has 3 N–H and O–H groups in total. The van der Waals surface area contributed by atoms with Gasteiger partial charge in [-0.15, -0.1) is 34.2 Å². The van der Waals surface area contributed by atoms with Crippen molar-refractivity contribution in [2.75, 3.05) is 19.6 Å². The van der Waals surface area contributed by atoms with E-state index < -0.39 is 0 Å². The molecule has 8 nitrogen and oxygen atoms in total. The lowest BCUT2D eigenvalue weighted by molar-refractivity contribution is 0.0954. The Morgan fingerprint density at radius 1 is 1.07 bits per heavy atom. The number of benzene rings is 1. The quantitative estimate of drug-likeness (QED) is 0.190. The van der Waals surface area contributed by atoms with E-state index in [2.05, 4.69) is 31.1 Å². The molecule has 0 saturated heterocycles. The van der Waals surface area contributed by atoms with Gasteiger partial charge in [0, 0.05) is 36.4 Å². The Morgan fingerprint density at radius 3 is 2.59 bits per heavy atom. The first-order valence-corrected chi connectivity index (χ1v) is 9.39. The molecule has 0 aliphatic carbocycles. The molecule has 0 radical (unpaired) electrons. The molecule has 0 bridgehead atoms. The molecule has 10 heteroatoms. The predicted octanol–water partition coefficient (Wildman–Crippen LogP) is 2.49. The highest BCUT2D eigenvalue weighted by molar-refractivity contribution is 14.0. The average molecular weight is 528 g/mol. The van der Waals surface area contributed by atoms with Crippen molar-refractivity contribution in [1.29, 1.82) is 0 Å². The summed E-state index contributed by atoms with van der Waals surface area (Å²) in [4.78, 5) is 16.6. The summed E-state index contributed by atoms with van der Waals surface area (Å²) in [5.41, 5.74) is 1.36. The molecule has 0 fully saturated rings. The predicted molar refractivity (Wildman–Crippen MR) is 125 cm³/mol. The summed E-state index contributed by atoms with van der Waals surface area (Å²) in [6.45, 7) is 4.10. The normalized spacial score (nSPS) is 11.0. The van der Waals surface area contributed by atoms with Crippen molar-refractivity contribution in [1.82, 2.24) is 30.5 Å². The van der Waals surface area contributed by atoms with E-state index in [4.69, 9.17) is 11.6 Å². The van der Waals surface area contributed by atoms with Gasteiger partial charge in [0.1, 0.15) is 6.54 Å². The van der Waals surface area contributed by atoms with Crippen molar-refractivity contribution in [2.24, 2.45) is 4.99 Å². The van der Waals surface area contributed by atoms with E-state index in [0.717, 1.165) is 18.0 Å². The van der Waals surface area contributed by atoms with Crippen LogP contribution in [-0.2, 0) is 6.54 Å². The van der Waals surface area contributed by atoms with Crippen LogP contribution in [0.4, 0.5) is 0 Å². The fourth-order valence-corrected chi connectivity index (χ4v) is 2.68. The highest BCUT2D eigenvalue weighted by atomic mass is 127.